The molecule has 0 aliphatic rings. The molecule has 0 spiro atoms. The van der Waals surface area contributed by atoms with E-state index < -0.39 is 23.3 Å². The fraction of sp³-hybridized carbons (Fsp3) is 0.200. The highest BCUT2D eigenvalue weighted by Crippen LogP contribution is 2.39. The maximum atomic E-state index is 14.0. The molecule has 0 heterocycles. The Morgan fingerprint density at radius 3 is 1.90 bits per heavy atom. The van der Waals surface area contributed by atoms with Gasteiger partial charge in [-0.25, -0.2) is 8.78 Å². The van der Waals surface area contributed by atoms with Gasteiger partial charge in [0.2, 0.25) is 0 Å². The summed E-state index contributed by atoms with van der Waals surface area (Å²) < 4.78 is 38.5. The Morgan fingerprint density at radius 2 is 1.48 bits per heavy atom. The molecule has 2 aromatic rings. The van der Waals surface area contributed by atoms with Gasteiger partial charge in [0.05, 0.1) is 25.3 Å². The van der Waals surface area contributed by atoms with Crippen LogP contribution in [0, 0.1) is 11.6 Å². The first-order chi connectivity index (χ1) is 9.99. The Balaban J connectivity index is 2.62. The van der Waals surface area contributed by atoms with Gasteiger partial charge >= 0.3 is 0 Å². The number of halogens is 3. The van der Waals surface area contributed by atoms with Crippen molar-refractivity contribution in [3.05, 3.63) is 57.6 Å². The summed E-state index contributed by atoms with van der Waals surface area (Å²) in [6.45, 7) is 0. The smallest absolute Gasteiger partial charge is 0.133 e. The molecule has 2 aromatic carbocycles. The van der Waals surface area contributed by atoms with Crippen LogP contribution in [0.5, 0.6) is 11.5 Å². The molecule has 0 aliphatic heterocycles. The third kappa shape index (κ3) is 3.01. The van der Waals surface area contributed by atoms with Gasteiger partial charge in [0.1, 0.15) is 29.2 Å². The topological polar surface area (TPSA) is 38.7 Å². The van der Waals surface area contributed by atoms with Crippen LogP contribution in [-0.2, 0) is 0 Å². The molecular formula is C15H13BrF2O3. The maximum absolute atomic E-state index is 14.0. The van der Waals surface area contributed by atoms with Crippen LogP contribution in [0.15, 0.2) is 34.8 Å². The first kappa shape index (κ1) is 15.7. The first-order valence-corrected chi connectivity index (χ1v) is 6.82. The minimum atomic E-state index is -1.55. The van der Waals surface area contributed by atoms with Gasteiger partial charge in [-0.15, -0.1) is 0 Å². The number of rotatable bonds is 4. The average molecular weight is 359 g/mol. The molecule has 3 nitrogen and oxygen atoms in total. The third-order valence-corrected chi connectivity index (χ3v) is 3.51. The van der Waals surface area contributed by atoms with E-state index in [9.17, 15) is 13.9 Å². The third-order valence-electron chi connectivity index (χ3n) is 3.06. The average Bonchev–Trinajstić information content (AvgIpc) is 2.44. The summed E-state index contributed by atoms with van der Waals surface area (Å²) >= 11 is 3.00. The molecule has 0 aromatic heterocycles. The standard InChI is InChI=1S/C15H13BrF2O3/c1-20-11-4-3-5-12(21-2)14(11)15(19)13-9(17)6-8(16)7-10(13)18/h3-7,15,19H,1-2H3. The molecule has 0 saturated carbocycles. The zero-order chi connectivity index (χ0) is 15.6. The summed E-state index contributed by atoms with van der Waals surface area (Å²) in [5, 5.41) is 10.4. The zero-order valence-electron chi connectivity index (χ0n) is 11.4. The number of aliphatic hydroxyl groups excluding tert-OH is 1. The van der Waals surface area contributed by atoms with Crippen molar-refractivity contribution in [3.8, 4) is 11.5 Å². The summed E-state index contributed by atoms with van der Waals surface area (Å²) in [4.78, 5) is 0. The van der Waals surface area contributed by atoms with Crippen LogP contribution < -0.4 is 9.47 Å². The van der Waals surface area contributed by atoms with Crippen LogP contribution in [0.1, 0.15) is 17.2 Å². The minimum absolute atomic E-state index is 0.169. The maximum Gasteiger partial charge on any atom is 0.133 e. The molecular weight excluding hydrogens is 346 g/mol. The molecule has 1 unspecified atom stereocenters. The van der Waals surface area contributed by atoms with Gasteiger partial charge in [0.25, 0.3) is 0 Å². The van der Waals surface area contributed by atoms with Crippen molar-refractivity contribution in [2.45, 2.75) is 6.10 Å². The number of aliphatic hydroxyl groups is 1. The largest absolute Gasteiger partial charge is 0.496 e. The number of benzene rings is 2. The van der Waals surface area contributed by atoms with Crippen LogP contribution in [0.4, 0.5) is 8.78 Å². The predicted molar refractivity (Wildman–Crippen MR) is 77.7 cm³/mol. The Bertz CT molecular complexity index is 616. The van der Waals surface area contributed by atoms with Crippen LogP contribution in [0.25, 0.3) is 0 Å². The zero-order valence-corrected chi connectivity index (χ0v) is 12.9. The lowest BCUT2D eigenvalue weighted by molar-refractivity contribution is 0.198. The SMILES string of the molecule is COc1cccc(OC)c1C(O)c1c(F)cc(Br)cc1F. The Labute approximate surface area is 129 Å². The fourth-order valence-electron chi connectivity index (χ4n) is 2.11. The summed E-state index contributed by atoms with van der Waals surface area (Å²) in [6.07, 6.45) is -1.55. The van der Waals surface area contributed by atoms with Crippen molar-refractivity contribution in [3.63, 3.8) is 0 Å². The number of methoxy groups -OCH3 is 2. The van der Waals surface area contributed by atoms with E-state index in [1.165, 1.54) is 14.2 Å². The normalized spacial score (nSPS) is 12.1. The lowest BCUT2D eigenvalue weighted by atomic mass is 9.98. The van der Waals surface area contributed by atoms with E-state index in [1.54, 1.807) is 18.2 Å². The molecule has 112 valence electrons. The van der Waals surface area contributed by atoms with Crippen LogP contribution in [-0.4, -0.2) is 19.3 Å². The van der Waals surface area contributed by atoms with Gasteiger partial charge in [-0.1, -0.05) is 22.0 Å². The van der Waals surface area contributed by atoms with E-state index in [-0.39, 0.29) is 21.5 Å². The van der Waals surface area contributed by atoms with Gasteiger partial charge < -0.3 is 14.6 Å². The monoisotopic (exact) mass is 358 g/mol. The lowest BCUT2D eigenvalue weighted by Crippen LogP contribution is -2.09. The van der Waals surface area contributed by atoms with Crippen molar-refractivity contribution in [2.24, 2.45) is 0 Å². The second kappa shape index (κ2) is 6.41. The number of hydrogen-bond donors (Lipinski definition) is 1. The summed E-state index contributed by atoms with van der Waals surface area (Å²) in [7, 11) is 2.80. The Hall–Kier alpha value is -1.66. The molecule has 1 atom stereocenters. The molecule has 0 bridgehead atoms. The predicted octanol–water partition coefficient (Wildman–Crippen LogP) is 3.83. The van der Waals surface area contributed by atoms with Crippen molar-refractivity contribution < 1.29 is 23.4 Å². The van der Waals surface area contributed by atoms with Gasteiger partial charge in [0.15, 0.2) is 0 Å². The molecule has 0 amide bonds. The molecule has 0 fully saturated rings. The first-order valence-electron chi connectivity index (χ1n) is 6.03. The van der Waals surface area contributed by atoms with E-state index in [1.807, 2.05) is 0 Å². The number of hydrogen-bond acceptors (Lipinski definition) is 3. The summed E-state index contributed by atoms with van der Waals surface area (Å²) in [5.74, 6) is -1.16. The van der Waals surface area contributed by atoms with Crippen molar-refractivity contribution in [1.29, 1.82) is 0 Å². The van der Waals surface area contributed by atoms with Crippen molar-refractivity contribution in [2.75, 3.05) is 14.2 Å². The number of ether oxygens (including phenoxy) is 2. The Kier molecular flexibility index (Phi) is 4.80. The van der Waals surface area contributed by atoms with Gasteiger partial charge in [-0.05, 0) is 24.3 Å². The highest BCUT2D eigenvalue weighted by molar-refractivity contribution is 9.10. The molecule has 6 heteroatoms. The van der Waals surface area contributed by atoms with Crippen LogP contribution >= 0.6 is 15.9 Å². The lowest BCUT2D eigenvalue weighted by Gasteiger charge is -2.19. The van der Waals surface area contributed by atoms with Gasteiger partial charge in [-0.2, -0.15) is 0 Å². The Morgan fingerprint density at radius 1 is 1.00 bits per heavy atom. The van der Waals surface area contributed by atoms with Gasteiger partial charge in [-0.3, -0.25) is 0 Å². The second-order valence-electron chi connectivity index (χ2n) is 4.26. The molecule has 1 N–H and O–H groups in total. The molecule has 0 radical (unpaired) electrons. The summed E-state index contributed by atoms with van der Waals surface area (Å²) in [5.41, 5.74) is -0.288. The van der Waals surface area contributed by atoms with Crippen LogP contribution in [0.2, 0.25) is 0 Å². The van der Waals surface area contributed by atoms with E-state index in [0.29, 0.717) is 0 Å². The van der Waals surface area contributed by atoms with E-state index >= 15 is 0 Å². The molecule has 2 rings (SSSR count). The van der Waals surface area contributed by atoms with Crippen molar-refractivity contribution in [1.82, 2.24) is 0 Å². The van der Waals surface area contributed by atoms with E-state index in [2.05, 4.69) is 15.9 Å². The van der Waals surface area contributed by atoms with Crippen molar-refractivity contribution >= 4 is 15.9 Å². The second-order valence-corrected chi connectivity index (χ2v) is 5.18. The highest BCUT2D eigenvalue weighted by atomic mass is 79.9. The fourth-order valence-corrected chi connectivity index (χ4v) is 2.51. The quantitative estimate of drug-likeness (QED) is 0.902. The van der Waals surface area contributed by atoms with Gasteiger partial charge in [0, 0.05) is 4.47 Å². The molecule has 0 saturated heterocycles. The molecule has 21 heavy (non-hydrogen) atoms. The highest BCUT2D eigenvalue weighted by Gasteiger charge is 2.26. The molecule has 0 aliphatic carbocycles. The van der Waals surface area contributed by atoms with Crippen LogP contribution in [0.3, 0.4) is 0 Å². The van der Waals surface area contributed by atoms with E-state index in [0.717, 1.165) is 12.1 Å². The summed E-state index contributed by atoms with van der Waals surface area (Å²) in [6, 6.07) is 6.99. The van der Waals surface area contributed by atoms with E-state index in [4.69, 9.17) is 9.47 Å². The minimum Gasteiger partial charge on any atom is -0.496 e.